The molecule has 3 radical (unpaired) electrons. The van der Waals surface area contributed by atoms with Gasteiger partial charge in [0, 0.05) is 17.4 Å². The summed E-state index contributed by atoms with van der Waals surface area (Å²) >= 11 is 0. The molecule has 0 heterocycles. The highest BCUT2D eigenvalue weighted by Crippen LogP contribution is -0.287. The zero-order chi connectivity index (χ0) is 0. The smallest absolute Gasteiger partial charge is 0 e. The SMILES string of the molecule is O.O.O.[Al]. The Hall–Kier alpha value is 0.412. The highest BCUT2D eigenvalue weighted by atomic mass is 27.0. The van der Waals surface area contributed by atoms with E-state index in [9.17, 15) is 0 Å². The van der Waals surface area contributed by atoms with Crippen molar-refractivity contribution in [3.05, 3.63) is 0 Å². The minimum absolute atomic E-state index is 0. The summed E-state index contributed by atoms with van der Waals surface area (Å²) in [5, 5.41) is 0. The molecule has 0 aromatic heterocycles. The first-order chi connectivity index (χ1) is 0. The maximum absolute atomic E-state index is 0. The van der Waals surface area contributed by atoms with E-state index < -0.39 is 0 Å². The number of hydrogen-bond donors (Lipinski definition) is 0. The molecule has 0 aliphatic rings. The molecule has 3 nitrogen and oxygen atoms in total. The van der Waals surface area contributed by atoms with Crippen LogP contribution >= 0.6 is 0 Å². The van der Waals surface area contributed by atoms with E-state index in [1.54, 1.807) is 0 Å². The van der Waals surface area contributed by atoms with Gasteiger partial charge < -0.3 is 16.4 Å². The van der Waals surface area contributed by atoms with Crippen LogP contribution in [0.4, 0.5) is 0 Å². The fourth-order valence-corrected chi connectivity index (χ4v) is 0. The monoisotopic (exact) mass is 81.0 g/mol. The van der Waals surface area contributed by atoms with Crippen molar-refractivity contribution in [3.8, 4) is 0 Å². The van der Waals surface area contributed by atoms with E-state index in [0.29, 0.717) is 0 Å². The van der Waals surface area contributed by atoms with Crippen LogP contribution < -0.4 is 0 Å². The van der Waals surface area contributed by atoms with Gasteiger partial charge in [-0.3, -0.25) is 0 Å². The first-order valence-electron chi connectivity index (χ1n) is 0. The van der Waals surface area contributed by atoms with Crippen LogP contribution in [0.3, 0.4) is 0 Å². The Morgan fingerprint density at radius 1 is 0.500 bits per heavy atom. The Bertz CT molecular complexity index is 3.25. The van der Waals surface area contributed by atoms with Crippen molar-refractivity contribution in [2.45, 2.75) is 0 Å². The molecule has 0 saturated carbocycles. The maximum atomic E-state index is 0. The van der Waals surface area contributed by atoms with Gasteiger partial charge in [-0.1, -0.05) is 0 Å². The van der Waals surface area contributed by atoms with Gasteiger partial charge >= 0.3 is 0 Å². The van der Waals surface area contributed by atoms with E-state index in [-0.39, 0.29) is 33.8 Å². The third kappa shape index (κ3) is 28.3. The van der Waals surface area contributed by atoms with Crippen molar-refractivity contribution in [3.63, 3.8) is 0 Å². The fraction of sp³-hybridized carbons (Fsp3) is 0. The average molecular weight is 81.0 g/mol. The highest BCUT2D eigenvalue weighted by molar-refractivity contribution is 5.75. The maximum Gasteiger partial charge on any atom is 0 e. The summed E-state index contributed by atoms with van der Waals surface area (Å²) in [5.74, 6) is 0. The predicted molar refractivity (Wildman–Crippen MR) is 16.6 cm³/mol. The molecule has 6 N–H and O–H groups in total. The van der Waals surface area contributed by atoms with Crippen molar-refractivity contribution in [1.29, 1.82) is 0 Å². The van der Waals surface area contributed by atoms with E-state index in [1.165, 1.54) is 0 Å². The zero-order valence-corrected chi connectivity index (χ0v) is 3.23. The van der Waals surface area contributed by atoms with Gasteiger partial charge in [0.25, 0.3) is 0 Å². The third-order valence-corrected chi connectivity index (χ3v) is 0. The van der Waals surface area contributed by atoms with Gasteiger partial charge in [0.1, 0.15) is 0 Å². The van der Waals surface area contributed by atoms with Gasteiger partial charge in [-0.2, -0.15) is 0 Å². The quantitative estimate of drug-likeness (QED) is 0.280. The number of rotatable bonds is 0. The summed E-state index contributed by atoms with van der Waals surface area (Å²) in [4.78, 5) is 0. The zero-order valence-electron chi connectivity index (χ0n) is 2.08. The summed E-state index contributed by atoms with van der Waals surface area (Å²) in [6.07, 6.45) is 0. The molecule has 0 rings (SSSR count). The van der Waals surface area contributed by atoms with Crippen LogP contribution in [0.1, 0.15) is 0 Å². The summed E-state index contributed by atoms with van der Waals surface area (Å²) in [6, 6.07) is 0. The van der Waals surface area contributed by atoms with Crippen LogP contribution in [0, 0.1) is 0 Å². The molecule has 4 heteroatoms. The van der Waals surface area contributed by atoms with Crippen LogP contribution in [-0.4, -0.2) is 33.8 Å². The molecule has 0 spiro atoms. The molecule has 4 heavy (non-hydrogen) atoms. The lowest BCUT2D eigenvalue weighted by atomic mass is 16.0. The van der Waals surface area contributed by atoms with Gasteiger partial charge in [-0.15, -0.1) is 0 Å². The molecule has 0 aliphatic carbocycles. The van der Waals surface area contributed by atoms with Crippen LogP contribution in [-0.2, 0) is 0 Å². The van der Waals surface area contributed by atoms with Crippen LogP contribution in [0.5, 0.6) is 0 Å². The van der Waals surface area contributed by atoms with Gasteiger partial charge in [0.2, 0.25) is 0 Å². The summed E-state index contributed by atoms with van der Waals surface area (Å²) < 4.78 is 0. The lowest BCUT2D eigenvalue weighted by molar-refractivity contribution is 0.823. The van der Waals surface area contributed by atoms with Crippen LogP contribution in [0.15, 0.2) is 0 Å². The largest absolute Gasteiger partial charge is 0.412 e. The summed E-state index contributed by atoms with van der Waals surface area (Å²) in [7, 11) is 0. The van der Waals surface area contributed by atoms with E-state index in [1.807, 2.05) is 0 Å². The first kappa shape index (κ1) is 302. The molecule has 0 saturated heterocycles. The Morgan fingerprint density at radius 2 is 0.500 bits per heavy atom. The Kier molecular flexibility index (Phi) is 8810. The normalized spacial score (nSPS) is 0. The topological polar surface area (TPSA) is 94.5 Å². The van der Waals surface area contributed by atoms with Crippen molar-refractivity contribution in [2.24, 2.45) is 0 Å². The van der Waals surface area contributed by atoms with E-state index in [4.69, 9.17) is 0 Å². The highest BCUT2D eigenvalue weighted by Gasteiger charge is 0.00000733. The van der Waals surface area contributed by atoms with Crippen LogP contribution in [0.25, 0.3) is 0 Å². The minimum atomic E-state index is 0. The lowest BCUT2D eigenvalue weighted by Crippen LogP contribution is -0.381. The predicted octanol–water partition coefficient (Wildman–Crippen LogP) is -2.85. The second-order valence-corrected chi connectivity index (χ2v) is 0. The Morgan fingerprint density at radius 3 is 0.500 bits per heavy atom. The molecule has 0 aromatic rings. The fourth-order valence-electron chi connectivity index (χ4n) is 0. The second-order valence-electron chi connectivity index (χ2n) is 0. The first-order valence-corrected chi connectivity index (χ1v) is 0. The van der Waals surface area contributed by atoms with E-state index in [2.05, 4.69) is 0 Å². The summed E-state index contributed by atoms with van der Waals surface area (Å²) in [6.45, 7) is 0. The second kappa shape index (κ2) is 117. The van der Waals surface area contributed by atoms with Crippen molar-refractivity contribution in [1.82, 2.24) is 0 Å². The molecule has 0 aliphatic heterocycles. The molecule has 0 atom stereocenters. The van der Waals surface area contributed by atoms with Crippen molar-refractivity contribution >= 4 is 17.4 Å². The molecule has 0 fully saturated rings. The average Bonchev–Trinajstić information content (AvgIpc) is 0. The summed E-state index contributed by atoms with van der Waals surface area (Å²) in [5.41, 5.74) is 0. The lowest BCUT2D eigenvalue weighted by Gasteiger charge is -0.413. The van der Waals surface area contributed by atoms with Crippen molar-refractivity contribution < 1.29 is 16.4 Å². The van der Waals surface area contributed by atoms with Gasteiger partial charge in [0.15, 0.2) is 0 Å². The Balaban J connectivity index is 0. The standard InChI is InChI=1S/Al.3H2O/h;3*1H2. The molecule has 0 amide bonds. The van der Waals surface area contributed by atoms with E-state index in [0.717, 1.165) is 0 Å². The Labute approximate surface area is 34.7 Å². The molecular formula is H6AlO3. The number of hydrogen-bond acceptors (Lipinski definition) is 0. The molecule has 0 bridgehead atoms. The molecular weight excluding hydrogens is 75.0 g/mol. The van der Waals surface area contributed by atoms with Gasteiger partial charge in [-0.25, -0.2) is 0 Å². The molecule has 27 valence electrons. The van der Waals surface area contributed by atoms with Crippen molar-refractivity contribution in [2.75, 3.05) is 0 Å². The molecule has 0 aromatic carbocycles. The minimum Gasteiger partial charge on any atom is -0.412 e. The molecule has 0 unspecified atom stereocenters. The van der Waals surface area contributed by atoms with Crippen LogP contribution in [0.2, 0.25) is 0 Å². The van der Waals surface area contributed by atoms with Gasteiger partial charge in [0.05, 0.1) is 0 Å². The third-order valence-electron chi connectivity index (χ3n) is 0. The van der Waals surface area contributed by atoms with E-state index >= 15 is 0 Å². The van der Waals surface area contributed by atoms with Gasteiger partial charge in [-0.05, 0) is 0 Å².